The van der Waals surface area contributed by atoms with Gasteiger partial charge in [-0.2, -0.15) is 0 Å². The number of fused-ring (bicyclic) bond motifs is 1. The van der Waals surface area contributed by atoms with Crippen LogP contribution in [0.25, 0.3) is 10.9 Å². The van der Waals surface area contributed by atoms with Gasteiger partial charge in [-0.25, -0.2) is 4.98 Å². The number of aromatic nitrogens is 2. The molecular weight excluding hydrogens is 412 g/mol. The number of amides is 2. The van der Waals surface area contributed by atoms with E-state index in [1.54, 1.807) is 0 Å². The number of carbonyl (C=O) groups is 2. The fraction of sp³-hybridized carbons (Fsp3) is 0.435. The molecule has 0 radical (unpaired) electrons. The highest BCUT2D eigenvalue weighted by molar-refractivity contribution is 7.09. The zero-order valence-electron chi connectivity index (χ0n) is 18.6. The molecule has 0 bridgehead atoms. The molecule has 2 amide bonds. The number of nitrogens with zero attached hydrogens (tertiary/aromatic N) is 3. The zero-order chi connectivity index (χ0) is 22.4. The van der Waals surface area contributed by atoms with Crippen LogP contribution in [-0.2, 0) is 27.3 Å². The van der Waals surface area contributed by atoms with E-state index in [2.05, 4.69) is 10.3 Å². The van der Waals surface area contributed by atoms with Crippen LogP contribution < -0.4 is 5.32 Å². The van der Waals surface area contributed by atoms with Crippen LogP contribution in [0.3, 0.4) is 0 Å². The molecule has 1 atom stereocenters. The standard InChI is InChI=1S/C23H30N4O3S/c1-5-26(6-2)22(29)14-27-11-10-17-12-18(8-9-20(17)27)24-21(28)13-19-15-31-23(25-19)16(4)30-7-3/h8-12,15-16H,5-7,13-14H2,1-4H3,(H,24,28). The van der Waals surface area contributed by atoms with E-state index in [9.17, 15) is 9.59 Å². The Bertz CT molecular complexity index is 1040. The van der Waals surface area contributed by atoms with E-state index >= 15 is 0 Å². The minimum absolute atomic E-state index is 0.0631. The topological polar surface area (TPSA) is 76.5 Å². The van der Waals surface area contributed by atoms with Crippen molar-refractivity contribution < 1.29 is 14.3 Å². The van der Waals surface area contributed by atoms with Gasteiger partial charge in [0, 0.05) is 47.9 Å². The predicted molar refractivity (Wildman–Crippen MR) is 124 cm³/mol. The van der Waals surface area contributed by atoms with Gasteiger partial charge in [-0.1, -0.05) is 0 Å². The third kappa shape index (κ3) is 5.71. The maximum absolute atomic E-state index is 12.5. The first-order chi connectivity index (χ1) is 14.9. The zero-order valence-corrected chi connectivity index (χ0v) is 19.4. The van der Waals surface area contributed by atoms with Gasteiger partial charge in [-0.05, 0) is 52.0 Å². The molecule has 0 spiro atoms. The van der Waals surface area contributed by atoms with E-state index in [-0.39, 0.29) is 24.3 Å². The van der Waals surface area contributed by atoms with E-state index in [0.717, 1.165) is 27.3 Å². The molecule has 0 saturated heterocycles. The van der Waals surface area contributed by atoms with Crippen molar-refractivity contribution in [2.75, 3.05) is 25.0 Å². The molecule has 8 heteroatoms. The van der Waals surface area contributed by atoms with Gasteiger partial charge in [0.25, 0.3) is 0 Å². The molecule has 1 N–H and O–H groups in total. The summed E-state index contributed by atoms with van der Waals surface area (Å²) in [5.74, 6) is -0.0161. The number of rotatable bonds is 10. The number of nitrogens with one attached hydrogen (secondary N) is 1. The number of likely N-dealkylation sites (N-methyl/N-ethyl adjacent to an activating group) is 1. The smallest absolute Gasteiger partial charge is 0.242 e. The van der Waals surface area contributed by atoms with Crippen molar-refractivity contribution in [1.82, 2.24) is 14.5 Å². The molecule has 31 heavy (non-hydrogen) atoms. The number of carbonyl (C=O) groups excluding carboxylic acids is 2. The second kappa shape index (κ2) is 10.5. The molecule has 0 aliphatic heterocycles. The summed E-state index contributed by atoms with van der Waals surface area (Å²) >= 11 is 1.51. The molecule has 7 nitrogen and oxygen atoms in total. The second-order valence-corrected chi connectivity index (χ2v) is 8.17. The molecule has 166 valence electrons. The summed E-state index contributed by atoms with van der Waals surface area (Å²) in [5.41, 5.74) is 2.43. The first-order valence-corrected chi connectivity index (χ1v) is 11.6. The van der Waals surface area contributed by atoms with Crippen molar-refractivity contribution in [1.29, 1.82) is 0 Å². The van der Waals surface area contributed by atoms with Crippen LogP contribution in [0.4, 0.5) is 5.69 Å². The van der Waals surface area contributed by atoms with Gasteiger partial charge in [0.15, 0.2) is 0 Å². The highest BCUT2D eigenvalue weighted by Gasteiger charge is 2.14. The molecule has 0 saturated carbocycles. The Morgan fingerprint density at radius 1 is 1.23 bits per heavy atom. The number of benzene rings is 1. The lowest BCUT2D eigenvalue weighted by Crippen LogP contribution is -2.33. The first-order valence-electron chi connectivity index (χ1n) is 10.7. The number of anilines is 1. The van der Waals surface area contributed by atoms with E-state index < -0.39 is 0 Å². The van der Waals surface area contributed by atoms with E-state index in [1.165, 1.54) is 11.3 Å². The van der Waals surface area contributed by atoms with Crippen LogP contribution in [-0.4, -0.2) is 46.0 Å². The van der Waals surface area contributed by atoms with E-state index in [0.29, 0.717) is 26.2 Å². The molecular formula is C23H30N4O3S. The largest absolute Gasteiger partial charge is 0.372 e. The third-order valence-corrected chi connectivity index (χ3v) is 6.21. The fourth-order valence-electron chi connectivity index (χ4n) is 3.52. The van der Waals surface area contributed by atoms with Gasteiger partial charge in [0.1, 0.15) is 17.7 Å². The minimum atomic E-state index is -0.114. The summed E-state index contributed by atoms with van der Waals surface area (Å²) in [6.45, 7) is 10.2. The summed E-state index contributed by atoms with van der Waals surface area (Å²) in [6.07, 6.45) is 2.06. The van der Waals surface area contributed by atoms with Gasteiger partial charge in [0.05, 0.1) is 12.1 Å². The summed E-state index contributed by atoms with van der Waals surface area (Å²) in [4.78, 5) is 31.2. The van der Waals surface area contributed by atoms with E-state index in [1.807, 2.05) is 73.0 Å². The predicted octanol–water partition coefficient (Wildman–Crippen LogP) is 4.24. The Morgan fingerprint density at radius 3 is 2.71 bits per heavy atom. The maximum Gasteiger partial charge on any atom is 0.242 e. The Kier molecular flexibility index (Phi) is 7.81. The molecule has 1 unspecified atom stereocenters. The van der Waals surface area contributed by atoms with E-state index in [4.69, 9.17) is 4.74 Å². The average Bonchev–Trinajstić information content (AvgIpc) is 3.36. The maximum atomic E-state index is 12.5. The highest BCUT2D eigenvalue weighted by atomic mass is 32.1. The second-order valence-electron chi connectivity index (χ2n) is 7.28. The van der Waals surface area contributed by atoms with Crippen LogP contribution in [0.1, 0.15) is 44.5 Å². The summed E-state index contributed by atoms with van der Waals surface area (Å²) in [7, 11) is 0. The van der Waals surface area contributed by atoms with Gasteiger partial charge < -0.3 is 19.5 Å². The van der Waals surface area contributed by atoms with Crippen molar-refractivity contribution in [2.24, 2.45) is 0 Å². The number of hydrogen-bond donors (Lipinski definition) is 1. The average molecular weight is 443 g/mol. The van der Waals surface area contributed by atoms with Gasteiger partial charge in [0.2, 0.25) is 11.8 Å². The monoisotopic (exact) mass is 442 g/mol. The van der Waals surface area contributed by atoms with Crippen LogP contribution >= 0.6 is 11.3 Å². The first kappa shape index (κ1) is 23.0. The van der Waals surface area contributed by atoms with Crippen molar-refractivity contribution in [2.45, 2.75) is 46.8 Å². The van der Waals surface area contributed by atoms with Crippen molar-refractivity contribution >= 4 is 39.7 Å². The van der Waals surface area contributed by atoms with Gasteiger partial charge in [-0.15, -0.1) is 11.3 Å². The Labute approximate surface area is 187 Å². The van der Waals surface area contributed by atoms with Crippen LogP contribution in [0, 0.1) is 0 Å². The Morgan fingerprint density at radius 2 is 2.00 bits per heavy atom. The number of hydrogen-bond acceptors (Lipinski definition) is 5. The van der Waals surface area contributed by atoms with Gasteiger partial charge in [-0.3, -0.25) is 9.59 Å². The van der Waals surface area contributed by atoms with Crippen molar-refractivity contribution in [3.8, 4) is 0 Å². The van der Waals surface area contributed by atoms with Crippen molar-refractivity contribution in [3.63, 3.8) is 0 Å². The lowest BCUT2D eigenvalue weighted by molar-refractivity contribution is -0.131. The third-order valence-electron chi connectivity index (χ3n) is 5.15. The lowest BCUT2D eigenvalue weighted by atomic mass is 10.2. The summed E-state index contributed by atoms with van der Waals surface area (Å²) < 4.78 is 7.50. The molecule has 2 aromatic heterocycles. The highest BCUT2D eigenvalue weighted by Crippen LogP contribution is 2.23. The normalized spacial score (nSPS) is 12.1. The number of ether oxygens (including phenoxy) is 1. The van der Waals surface area contributed by atoms with Crippen LogP contribution in [0.5, 0.6) is 0 Å². The molecule has 3 aromatic rings. The van der Waals surface area contributed by atoms with Crippen LogP contribution in [0.2, 0.25) is 0 Å². The molecule has 2 heterocycles. The number of thiazole rings is 1. The van der Waals surface area contributed by atoms with Gasteiger partial charge >= 0.3 is 0 Å². The quantitative estimate of drug-likeness (QED) is 0.509. The fourth-order valence-corrected chi connectivity index (χ4v) is 4.34. The Balaban J connectivity index is 1.63. The molecule has 1 aromatic carbocycles. The van der Waals surface area contributed by atoms with Crippen molar-refractivity contribution in [3.05, 3.63) is 46.5 Å². The summed E-state index contributed by atoms with van der Waals surface area (Å²) in [6, 6.07) is 7.69. The SMILES string of the molecule is CCOC(C)c1nc(CC(=O)Nc2ccc3c(ccn3CC(=O)N(CC)CC)c2)cs1. The molecule has 0 fully saturated rings. The lowest BCUT2D eigenvalue weighted by Gasteiger charge is -2.19. The minimum Gasteiger partial charge on any atom is -0.372 e. The summed E-state index contributed by atoms with van der Waals surface area (Å²) in [5, 5.41) is 6.71. The molecule has 0 aliphatic rings. The molecule has 3 rings (SSSR count). The van der Waals surface area contributed by atoms with Crippen LogP contribution in [0.15, 0.2) is 35.8 Å². The molecule has 0 aliphatic carbocycles. The Hall–Kier alpha value is -2.71.